The molecule has 2 heterocycles. The average Bonchev–Trinajstić information content (AvgIpc) is 2.95. The summed E-state index contributed by atoms with van der Waals surface area (Å²) >= 11 is 0. The van der Waals surface area contributed by atoms with E-state index in [9.17, 15) is 14.7 Å². The van der Waals surface area contributed by atoms with E-state index in [1.165, 1.54) is 4.90 Å². The predicted octanol–water partition coefficient (Wildman–Crippen LogP) is 1.23. The van der Waals surface area contributed by atoms with Crippen molar-refractivity contribution in [2.45, 2.75) is 32.9 Å². The summed E-state index contributed by atoms with van der Waals surface area (Å²) in [6.07, 6.45) is 3.97. The molecule has 0 radical (unpaired) electrons. The van der Waals surface area contributed by atoms with Crippen molar-refractivity contribution in [2.75, 3.05) is 11.9 Å². The van der Waals surface area contributed by atoms with Crippen LogP contribution in [0.4, 0.5) is 10.5 Å². The Morgan fingerprint density at radius 2 is 2.32 bits per heavy atom. The van der Waals surface area contributed by atoms with E-state index in [-0.39, 0.29) is 11.9 Å². The highest BCUT2D eigenvalue weighted by Gasteiger charge is 2.39. The number of urea groups is 1. The van der Waals surface area contributed by atoms with Crippen LogP contribution in [0.2, 0.25) is 0 Å². The van der Waals surface area contributed by atoms with Gasteiger partial charge in [0.15, 0.2) is 0 Å². The first kappa shape index (κ1) is 13.4. The summed E-state index contributed by atoms with van der Waals surface area (Å²) in [5, 5.41) is 15.9. The van der Waals surface area contributed by atoms with Gasteiger partial charge in [-0.2, -0.15) is 5.10 Å². The van der Waals surface area contributed by atoms with Crippen LogP contribution in [-0.4, -0.2) is 44.4 Å². The van der Waals surface area contributed by atoms with Crippen LogP contribution in [0.25, 0.3) is 0 Å². The largest absolute Gasteiger partial charge is 0.480 e. The molecule has 0 aliphatic carbocycles. The molecule has 2 amide bonds. The van der Waals surface area contributed by atoms with Crippen molar-refractivity contribution in [3.05, 3.63) is 12.4 Å². The lowest BCUT2D eigenvalue weighted by Crippen LogP contribution is -2.44. The first-order chi connectivity index (χ1) is 9.02. The fourth-order valence-corrected chi connectivity index (χ4v) is 2.35. The van der Waals surface area contributed by atoms with Crippen molar-refractivity contribution in [1.82, 2.24) is 14.7 Å². The number of aliphatic carboxylic acids is 1. The third-order valence-corrected chi connectivity index (χ3v) is 3.42. The molecule has 2 unspecified atom stereocenters. The molecular formula is C12H18N4O3. The van der Waals surface area contributed by atoms with Crippen LogP contribution < -0.4 is 5.32 Å². The number of hydrogen-bond donors (Lipinski definition) is 2. The Morgan fingerprint density at radius 3 is 2.89 bits per heavy atom. The maximum atomic E-state index is 12.1. The lowest BCUT2D eigenvalue weighted by molar-refractivity contribution is -0.142. The van der Waals surface area contributed by atoms with Crippen LogP contribution in [-0.2, 0) is 11.3 Å². The smallest absolute Gasteiger partial charge is 0.326 e. The molecule has 19 heavy (non-hydrogen) atoms. The average molecular weight is 266 g/mol. The van der Waals surface area contributed by atoms with E-state index < -0.39 is 12.0 Å². The summed E-state index contributed by atoms with van der Waals surface area (Å²) in [7, 11) is 0. The molecule has 0 spiro atoms. The Kier molecular flexibility index (Phi) is 3.73. The maximum Gasteiger partial charge on any atom is 0.326 e. The van der Waals surface area contributed by atoms with Gasteiger partial charge in [-0.3, -0.25) is 4.68 Å². The van der Waals surface area contributed by atoms with Crippen molar-refractivity contribution >= 4 is 17.7 Å². The lowest BCUT2D eigenvalue weighted by atomic mass is 10.0. The van der Waals surface area contributed by atoms with Crippen LogP contribution >= 0.6 is 0 Å². The number of nitrogens with zero attached hydrogens (tertiary/aromatic N) is 3. The van der Waals surface area contributed by atoms with Gasteiger partial charge in [0.1, 0.15) is 6.04 Å². The minimum Gasteiger partial charge on any atom is -0.480 e. The molecule has 0 saturated carbocycles. The Labute approximate surface area is 111 Å². The molecule has 2 atom stereocenters. The standard InChI is InChI=1S/C12H18N4O3/c1-3-15-7-9(6-13-15)14-12(19)16-5-4-8(2)10(16)11(17)18/h6-8,10H,3-5H2,1-2H3,(H,14,19)(H,17,18). The quantitative estimate of drug-likeness (QED) is 0.861. The number of anilines is 1. The lowest BCUT2D eigenvalue weighted by Gasteiger charge is -2.23. The van der Waals surface area contributed by atoms with Gasteiger partial charge < -0.3 is 15.3 Å². The van der Waals surface area contributed by atoms with Gasteiger partial charge in [-0.25, -0.2) is 9.59 Å². The fourth-order valence-electron chi connectivity index (χ4n) is 2.35. The zero-order valence-electron chi connectivity index (χ0n) is 11.0. The Bertz CT molecular complexity index is 485. The number of likely N-dealkylation sites (tertiary alicyclic amines) is 1. The van der Waals surface area contributed by atoms with Crippen molar-refractivity contribution in [1.29, 1.82) is 0 Å². The van der Waals surface area contributed by atoms with E-state index in [1.54, 1.807) is 17.1 Å². The summed E-state index contributed by atoms with van der Waals surface area (Å²) in [5.74, 6) is -0.981. The van der Waals surface area contributed by atoms with E-state index in [4.69, 9.17) is 0 Å². The molecule has 1 aromatic heterocycles. The van der Waals surface area contributed by atoms with Crippen molar-refractivity contribution in [3.8, 4) is 0 Å². The highest BCUT2D eigenvalue weighted by atomic mass is 16.4. The second kappa shape index (κ2) is 5.29. The van der Waals surface area contributed by atoms with E-state index in [0.717, 1.165) is 0 Å². The van der Waals surface area contributed by atoms with E-state index >= 15 is 0 Å². The summed E-state index contributed by atoms with van der Waals surface area (Å²) < 4.78 is 1.69. The summed E-state index contributed by atoms with van der Waals surface area (Å²) in [4.78, 5) is 24.7. The van der Waals surface area contributed by atoms with Gasteiger partial charge in [-0.15, -0.1) is 0 Å². The molecule has 7 heteroatoms. The Morgan fingerprint density at radius 1 is 1.58 bits per heavy atom. The topological polar surface area (TPSA) is 87.5 Å². The van der Waals surface area contributed by atoms with Crippen molar-refractivity contribution in [2.24, 2.45) is 5.92 Å². The van der Waals surface area contributed by atoms with Crippen LogP contribution in [0.3, 0.4) is 0 Å². The van der Waals surface area contributed by atoms with Crippen LogP contribution in [0.15, 0.2) is 12.4 Å². The number of aromatic nitrogens is 2. The van der Waals surface area contributed by atoms with E-state index in [2.05, 4.69) is 10.4 Å². The molecule has 0 aromatic carbocycles. The zero-order chi connectivity index (χ0) is 14.0. The number of aryl methyl sites for hydroxylation is 1. The molecule has 1 aliphatic rings. The molecule has 1 saturated heterocycles. The normalized spacial score (nSPS) is 22.5. The number of hydrogen-bond acceptors (Lipinski definition) is 3. The van der Waals surface area contributed by atoms with Gasteiger partial charge in [-0.05, 0) is 19.3 Å². The second-order valence-electron chi connectivity index (χ2n) is 4.76. The SMILES string of the molecule is CCn1cc(NC(=O)N2CCC(C)C2C(=O)O)cn1. The summed E-state index contributed by atoms with van der Waals surface area (Å²) in [6, 6.07) is -1.13. The number of carbonyl (C=O) groups is 2. The van der Waals surface area contributed by atoms with Gasteiger partial charge in [-0.1, -0.05) is 6.92 Å². The third kappa shape index (κ3) is 2.69. The zero-order valence-corrected chi connectivity index (χ0v) is 11.0. The van der Waals surface area contributed by atoms with Crippen molar-refractivity contribution < 1.29 is 14.7 Å². The maximum absolute atomic E-state index is 12.1. The molecule has 2 N–H and O–H groups in total. The molecule has 7 nitrogen and oxygen atoms in total. The molecule has 1 fully saturated rings. The third-order valence-electron chi connectivity index (χ3n) is 3.42. The minimum absolute atomic E-state index is 0.0263. The van der Waals surface area contributed by atoms with Gasteiger partial charge in [0.05, 0.1) is 11.9 Å². The molecule has 1 aliphatic heterocycles. The van der Waals surface area contributed by atoms with Gasteiger partial charge in [0, 0.05) is 19.3 Å². The van der Waals surface area contributed by atoms with Gasteiger partial charge in [0.25, 0.3) is 0 Å². The number of rotatable bonds is 3. The van der Waals surface area contributed by atoms with Crippen molar-refractivity contribution in [3.63, 3.8) is 0 Å². The number of nitrogens with one attached hydrogen (secondary N) is 1. The highest BCUT2D eigenvalue weighted by molar-refractivity contribution is 5.92. The minimum atomic E-state index is -0.954. The number of carboxylic acid groups (broad SMARTS) is 1. The summed E-state index contributed by atoms with van der Waals surface area (Å²) in [6.45, 7) is 4.97. The molecule has 0 bridgehead atoms. The fraction of sp³-hybridized carbons (Fsp3) is 0.583. The number of carboxylic acids is 1. The number of carbonyl (C=O) groups excluding carboxylic acids is 1. The second-order valence-corrected chi connectivity index (χ2v) is 4.76. The van der Waals surface area contributed by atoms with E-state index in [0.29, 0.717) is 25.2 Å². The van der Waals surface area contributed by atoms with Gasteiger partial charge >= 0.3 is 12.0 Å². The predicted molar refractivity (Wildman–Crippen MR) is 68.8 cm³/mol. The molecule has 1 aromatic rings. The summed E-state index contributed by atoms with van der Waals surface area (Å²) in [5.41, 5.74) is 0.579. The first-order valence-electron chi connectivity index (χ1n) is 6.35. The molecular weight excluding hydrogens is 248 g/mol. The van der Waals surface area contributed by atoms with Gasteiger partial charge in [0.2, 0.25) is 0 Å². The number of amides is 2. The Balaban J connectivity index is 2.05. The van der Waals surface area contributed by atoms with Crippen LogP contribution in [0, 0.1) is 5.92 Å². The first-order valence-corrected chi connectivity index (χ1v) is 6.35. The molecule has 104 valence electrons. The van der Waals surface area contributed by atoms with E-state index in [1.807, 2.05) is 13.8 Å². The molecule has 2 rings (SSSR count). The Hall–Kier alpha value is -2.05. The van der Waals surface area contributed by atoms with Crippen LogP contribution in [0.5, 0.6) is 0 Å². The van der Waals surface area contributed by atoms with Crippen LogP contribution in [0.1, 0.15) is 20.3 Å². The highest BCUT2D eigenvalue weighted by Crippen LogP contribution is 2.24. The monoisotopic (exact) mass is 266 g/mol.